The third-order valence-electron chi connectivity index (χ3n) is 19.6. The second kappa shape index (κ2) is 72.5. The zero-order valence-electron chi connectivity index (χ0n) is 80.7. The largest absolute Gasteiger partial charge is 0.463 e. The maximum atomic E-state index is 14.2. The van der Waals surface area contributed by atoms with Crippen molar-refractivity contribution in [1.82, 2.24) is 26.6 Å². The Morgan fingerprint density at radius 3 is 0.895 bits per heavy atom. The minimum absolute atomic E-state index is 0.00189. The topological polar surface area (TPSA) is 553 Å². The van der Waals surface area contributed by atoms with Crippen LogP contribution in [0.5, 0.6) is 0 Å². The van der Waals surface area contributed by atoms with Crippen LogP contribution >= 0.6 is 0 Å². The molecular formula is C89H149N5O39. The number of esters is 9. The molecule has 0 spiro atoms. The highest BCUT2D eigenvalue weighted by atomic mass is 16.7. The predicted octanol–water partition coefficient (Wildman–Crippen LogP) is 3.89. The molecule has 3 heterocycles. The molecule has 44 nitrogen and oxygen atoms in total. The van der Waals surface area contributed by atoms with E-state index < -0.39 is 201 Å². The third kappa shape index (κ3) is 56.3. The minimum atomic E-state index is -1.33. The number of hydrogen-bond acceptors (Lipinski definition) is 39. The van der Waals surface area contributed by atoms with Crippen LogP contribution in [-0.2, 0) is 186 Å². The number of nitrogens with one attached hydrogen (secondary N) is 5. The van der Waals surface area contributed by atoms with Crippen molar-refractivity contribution in [3.05, 3.63) is 0 Å². The zero-order valence-corrected chi connectivity index (χ0v) is 80.7. The molecule has 0 aromatic rings. The zero-order chi connectivity index (χ0) is 99.6. The predicted molar refractivity (Wildman–Crippen MR) is 466 cm³/mol. The Bertz CT molecular complexity index is 3170. The second-order valence-corrected chi connectivity index (χ2v) is 30.8. The van der Waals surface area contributed by atoms with Crippen LogP contribution in [0, 0.1) is 0 Å². The summed E-state index contributed by atoms with van der Waals surface area (Å²) in [4.78, 5) is 215. The first-order chi connectivity index (χ1) is 63.4. The number of carbonyl (C=O) groups excluding carboxylic acids is 17. The molecule has 0 bridgehead atoms. The van der Waals surface area contributed by atoms with Crippen molar-refractivity contribution in [2.45, 2.75) is 330 Å². The number of Topliss-reactive ketones (excluding diaryl/α,β-unsaturated/α-hetero) is 3. The summed E-state index contributed by atoms with van der Waals surface area (Å²) in [7, 11) is 1.64. The lowest BCUT2D eigenvalue weighted by Gasteiger charge is -2.44. The van der Waals surface area contributed by atoms with E-state index in [9.17, 15) is 81.5 Å². The average Bonchev–Trinajstić information content (AvgIpc) is 0.792. The lowest BCUT2D eigenvalue weighted by atomic mass is 9.81. The van der Waals surface area contributed by atoms with E-state index in [2.05, 4.69) is 26.6 Å². The van der Waals surface area contributed by atoms with Crippen molar-refractivity contribution in [3.63, 3.8) is 0 Å². The molecule has 0 saturated carbocycles. The molecule has 133 heavy (non-hydrogen) atoms. The van der Waals surface area contributed by atoms with Crippen LogP contribution in [0.25, 0.3) is 0 Å². The van der Waals surface area contributed by atoms with Crippen LogP contribution in [0.1, 0.15) is 233 Å². The summed E-state index contributed by atoms with van der Waals surface area (Å²) < 4.78 is 124. The monoisotopic (exact) mass is 1910 g/mol. The van der Waals surface area contributed by atoms with Crippen LogP contribution in [-0.4, -0.2) is 337 Å². The lowest BCUT2D eigenvalue weighted by molar-refractivity contribution is -0.279. The van der Waals surface area contributed by atoms with Gasteiger partial charge in [0.15, 0.2) is 55.5 Å². The summed E-state index contributed by atoms with van der Waals surface area (Å²) in [6, 6.07) is -3.57. The summed E-state index contributed by atoms with van der Waals surface area (Å²) in [6.07, 6.45) is -10.1. The molecule has 5 N–H and O–H groups in total. The fourth-order valence-electron chi connectivity index (χ4n) is 14.0. The molecule has 15 atom stereocenters. The molecule has 764 valence electrons. The van der Waals surface area contributed by atoms with Crippen LogP contribution in [0.2, 0.25) is 0 Å². The Labute approximate surface area is 779 Å². The van der Waals surface area contributed by atoms with E-state index in [1.165, 1.54) is 20.8 Å². The van der Waals surface area contributed by atoms with Crippen LogP contribution < -0.4 is 26.6 Å². The van der Waals surface area contributed by atoms with Gasteiger partial charge in [-0.2, -0.15) is 0 Å². The van der Waals surface area contributed by atoms with E-state index in [1.54, 1.807) is 7.11 Å². The van der Waals surface area contributed by atoms with Gasteiger partial charge in [0.25, 0.3) is 0 Å². The number of methoxy groups -OCH3 is 1. The molecule has 0 aromatic carbocycles. The van der Waals surface area contributed by atoms with Gasteiger partial charge in [0, 0.05) is 173 Å². The van der Waals surface area contributed by atoms with Crippen molar-refractivity contribution < 1.29 is 186 Å². The molecule has 0 aromatic heterocycles. The molecule has 3 aliphatic rings. The fraction of sp³-hybridized carbons (Fsp3) is 0.809. The van der Waals surface area contributed by atoms with E-state index in [4.69, 9.17) is 104 Å². The number of carbonyl (C=O) groups is 17. The van der Waals surface area contributed by atoms with Gasteiger partial charge in [-0.15, -0.1) is 0 Å². The van der Waals surface area contributed by atoms with Gasteiger partial charge in [-0.3, -0.25) is 81.5 Å². The minimum Gasteiger partial charge on any atom is -0.463 e. The number of hydrogen-bond donors (Lipinski definition) is 5. The highest BCUT2D eigenvalue weighted by molar-refractivity contribution is 5.83. The van der Waals surface area contributed by atoms with Crippen LogP contribution in [0.4, 0.5) is 0 Å². The quantitative estimate of drug-likeness (QED) is 0.0327. The highest BCUT2D eigenvalue weighted by Crippen LogP contribution is 2.33. The highest BCUT2D eigenvalue weighted by Gasteiger charge is 2.55. The number of rotatable bonds is 69. The van der Waals surface area contributed by atoms with Crippen LogP contribution in [0.3, 0.4) is 0 Å². The van der Waals surface area contributed by atoms with Gasteiger partial charge in [-0.25, -0.2) is 0 Å². The van der Waals surface area contributed by atoms with E-state index >= 15 is 0 Å². The van der Waals surface area contributed by atoms with E-state index in [1.807, 2.05) is 27.7 Å². The van der Waals surface area contributed by atoms with E-state index in [0.29, 0.717) is 19.4 Å². The molecule has 44 heteroatoms. The van der Waals surface area contributed by atoms with Gasteiger partial charge < -0.3 is 131 Å². The molecule has 0 aliphatic carbocycles. The number of unbranched alkanes of at least 4 members (excludes halogenated alkanes) is 4. The maximum absolute atomic E-state index is 14.2. The van der Waals surface area contributed by atoms with Gasteiger partial charge in [-0.05, 0) is 51.4 Å². The van der Waals surface area contributed by atoms with Crippen LogP contribution in [0.15, 0.2) is 0 Å². The average molecular weight is 1910 g/mol. The van der Waals surface area contributed by atoms with Gasteiger partial charge in [0.05, 0.1) is 85.9 Å². The normalized spacial score (nSPS) is 21.6. The third-order valence-corrected chi connectivity index (χ3v) is 19.6. The first-order valence-corrected chi connectivity index (χ1v) is 45.6. The molecule has 3 fully saturated rings. The smallest absolute Gasteiger partial charge is 0.303 e. The SMILES string of the molecule is CC.CC.COCCCCCCCC(=O)CCCC(=O)NC(CCC(=O)CCCOCCOCCOC1OC(COC(C)=O)C(OC(C)=O)C(OC(C)=O)C1NC(C)=O)(CCC(=O)CCCOCCOCCOC1OC(COC(C)=O)C(OC(C)=O)C(OC(C)=O)C1NC(C)=O)CCC(=O)NCCOCCOCCOC1OC(COC(C)=O)C(OC(C)=O)C(OC(C)=O)C1NC(C)=O. The summed E-state index contributed by atoms with van der Waals surface area (Å²) in [5.41, 5.74) is -1.30. The molecule has 3 rings (SSSR count). The standard InChI is InChI=1S/C85H137N5O39.2C2H6/c1-53(91)87-73-79(124-62(10)100)76(121-59(7)97)68(50-118-56(4)94)127-82(73)115-47-44-112-41-38-109-35-20-24-66(104)27-30-85(90-72(107)26-19-23-65(103)22-17-15-14-16-18-34-108-13,31-28-67(105)25-21-36-110-39-42-113-45-48-116-83-74(88-54(2)92)80(125-63(11)101)77(122-60(8)98)69(128-83)51-119-57(5)95)32-29-71(106)86-33-37-111-40-43-114-46-49-117-84-75(89-55(3)93)81(126-64(12)102)78(123-61(9)99)70(129-84)52-120-58(6)96;2*1-2/h68-70,73-84H,14-52H2,1-13H3,(H,86,106)(H,87,91)(H,88,92)(H,89,93)(H,90,107);2*1-2H3. The number of ether oxygens (including phenoxy) is 22. The van der Waals surface area contributed by atoms with Crippen molar-refractivity contribution in [2.75, 3.05) is 139 Å². The number of ketones is 3. The van der Waals surface area contributed by atoms with Gasteiger partial charge in [0.2, 0.25) is 29.5 Å². The van der Waals surface area contributed by atoms with E-state index in [0.717, 1.165) is 88.0 Å². The molecule has 3 saturated heterocycles. The van der Waals surface area contributed by atoms with Crippen molar-refractivity contribution in [3.8, 4) is 0 Å². The molecular weight excluding hydrogens is 1760 g/mol. The van der Waals surface area contributed by atoms with Gasteiger partial charge in [-0.1, -0.05) is 47.0 Å². The number of amides is 5. The summed E-state index contributed by atoms with van der Waals surface area (Å²) in [5, 5.41) is 13.8. The molecule has 0 radical (unpaired) electrons. The first kappa shape index (κ1) is 122. The Morgan fingerprint density at radius 2 is 0.564 bits per heavy atom. The molecule has 5 amide bonds. The second-order valence-electron chi connectivity index (χ2n) is 30.8. The Hall–Kier alpha value is -8.93. The summed E-state index contributed by atoms with van der Waals surface area (Å²) in [6.45, 7) is 21.3. The molecule has 3 aliphatic heterocycles. The fourth-order valence-corrected chi connectivity index (χ4v) is 14.0. The summed E-state index contributed by atoms with van der Waals surface area (Å²) in [5.74, 6) is -9.69. The van der Waals surface area contributed by atoms with Crippen molar-refractivity contribution >= 4 is 101 Å². The maximum Gasteiger partial charge on any atom is 0.303 e. The Balaban J connectivity index is 0.0000218. The first-order valence-electron chi connectivity index (χ1n) is 45.6. The Morgan fingerprint density at radius 1 is 0.278 bits per heavy atom. The van der Waals surface area contributed by atoms with E-state index in [-0.39, 0.29) is 206 Å². The van der Waals surface area contributed by atoms with Gasteiger partial charge in [0.1, 0.15) is 73.6 Å². The lowest BCUT2D eigenvalue weighted by Crippen LogP contribution is -2.66. The van der Waals surface area contributed by atoms with Gasteiger partial charge >= 0.3 is 53.7 Å². The Kier molecular flexibility index (Phi) is 66.5. The molecule has 15 unspecified atom stereocenters. The van der Waals surface area contributed by atoms with Crippen molar-refractivity contribution in [2.24, 2.45) is 0 Å². The summed E-state index contributed by atoms with van der Waals surface area (Å²) >= 11 is 0. The van der Waals surface area contributed by atoms with Crippen molar-refractivity contribution in [1.29, 1.82) is 0 Å².